The monoisotopic (exact) mass is 538 g/mol. The number of hydrogen-bond acceptors (Lipinski definition) is 6. The predicted molar refractivity (Wildman–Crippen MR) is 147 cm³/mol. The number of hydrogen-bond donors (Lipinski definition) is 1. The minimum absolute atomic E-state index is 0.00388. The Hall–Kier alpha value is -2.21. The van der Waals surface area contributed by atoms with Gasteiger partial charge in [0.1, 0.15) is 18.8 Å². The number of carbonyl (C=O) groups is 3. The van der Waals surface area contributed by atoms with E-state index in [1.54, 1.807) is 0 Å². The lowest BCUT2D eigenvalue weighted by Crippen LogP contribution is -2.62. The molecule has 1 N–H and O–H groups in total. The fourth-order valence-corrected chi connectivity index (χ4v) is 9.66. The molecule has 1 aromatic rings. The van der Waals surface area contributed by atoms with Crippen LogP contribution < -0.4 is 0 Å². The minimum Gasteiger partial charge on any atom is -0.463 e. The number of benzene rings is 1. The molecule has 4 saturated carbocycles. The minimum atomic E-state index is -0.934. The van der Waals surface area contributed by atoms with Gasteiger partial charge in [-0.15, -0.1) is 0 Å². The molecule has 1 unspecified atom stereocenters. The molecule has 0 aromatic heterocycles. The van der Waals surface area contributed by atoms with Gasteiger partial charge in [-0.3, -0.25) is 14.4 Å². The van der Waals surface area contributed by atoms with E-state index in [0.717, 1.165) is 50.5 Å². The van der Waals surface area contributed by atoms with Gasteiger partial charge in [0.25, 0.3) is 0 Å². The summed E-state index contributed by atoms with van der Waals surface area (Å²) in [5.74, 6) is 0.755. The van der Waals surface area contributed by atoms with E-state index in [2.05, 4.69) is 20.8 Å². The number of carbonyl (C=O) groups excluding carboxylic acids is 3. The summed E-state index contributed by atoms with van der Waals surface area (Å²) >= 11 is 0. The molecule has 0 bridgehead atoms. The Morgan fingerprint density at radius 1 is 1.03 bits per heavy atom. The van der Waals surface area contributed by atoms with E-state index in [1.807, 2.05) is 30.3 Å². The van der Waals surface area contributed by atoms with E-state index >= 15 is 0 Å². The van der Waals surface area contributed by atoms with Crippen LogP contribution in [0.3, 0.4) is 0 Å². The molecule has 4 fully saturated rings. The van der Waals surface area contributed by atoms with Crippen molar-refractivity contribution >= 4 is 17.7 Å². The average Bonchev–Trinajstić information content (AvgIpc) is 3.27. The molecule has 0 amide bonds. The van der Waals surface area contributed by atoms with Gasteiger partial charge < -0.3 is 14.6 Å². The van der Waals surface area contributed by atoms with Crippen molar-refractivity contribution in [3.8, 4) is 0 Å². The molecular weight excluding hydrogens is 492 g/mol. The van der Waals surface area contributed by atoms with Crippen LogP contribution >= 0.6 is 0 Å². The van der Waals surface area contributed by atoms with E-state index < -0.39 is 6.10 Å². The first kappa shape index (κ1) is 28.3. The number of ketones is 1. The summed E-state index contributed by atoms with van der Waals surface area (Å²) in [5, 5.41) is 11.5. The summed E-state index contributed by atoms with van der Waals surface area (Å²) in [6, 6.07) is 9.77. The largest absolute Gasteiger partial charge is 0.463 e. The number of ether oxygens (including phenoxy) is 2. The second kappa shape index (κ2) is 11.0. The Morgan fingerprint density at radius 2 is 1.72 bits per heavy atom. The molecule has 6 nitrogen and oxygen atoms in total. The number of aliphatic hydroxyl groups excluding tert-OH is 1. The van der Waals surface area contributed by atoms with Gasteiger partial charge in [0, 0.05) is 19.3 Å². The number of rotatable bonds is 7. The zero-order valence-electron chi connectivity index (χ0n) is 24.1. The Labute approximate surface area is 233 Å². The van der Waals surface area contributed by atoms with Crippen LogP contribution in [0.1, 0.15) is 91.0 Å². The number of aliphatic hydroxyl groups is 1. The summed E-state index contributed by atoms with van der Waals surface area (Å²) < 4.78 is 11.0. The van der Waals surface area contributed by atoms with Gasteiger partial charge in [0.05, 0.1) is 0 Å². The molecule has 10 atom stereocenters. The zero-order chi connectivity index (χ0) is 27.9. The Balaban J connectivity index is 1.24. The van der Waals surface area contributed by atoms with Crippen LogP contribution in [0.5, 0.6) is 0 Å². The summed E-state index contributed by atoms with van der Waals surface area (Å²) in [6.45, 7) is 8.66. The molecular formula is C33H46O6. The maximum atomic E-state index is 13.7. The molecule has 0 radical (unpaired) electrons. The SMILES string of the molecule is CC(=O)O[C@@H]1CC[C@@]2(C)[C@@H](C1)C(=O)[C@@H](O)[C@@H]1[C@@H]2CC[C@]2(C)C([C@H](C)CCC(=O)OCc3ccccc3)CC[C@@H]12. The molecule has 39 heavy (non-hydrogen) atoms. The van der Waals surface area contributed by atoms with Crippen molar-refractivity contribution in [1.82, 2.24) is 0 Å². The first-order valence-electron chi connectivity index (χ1n) is 15.1. The van der Waals surface area contributed by atoms with Crippen LogP contribution in [0.15, 0.2) is 30.3 Å². The second-order valence-electron chi connectivity index (χ2n) is 13.6. The first-order chi connectivity index (χ1) is 18.5. The zero-order valence-corrected chi connectivity index (χ0v) is 24.1. The summed E-state index contributed by atoms with van der Waals surface area (Å²) in [4.78, 5) is 37.7. The lowest BCUT2D eigenvalue weighted by atomic mass is 9.43. The van der Waals surface area contributed by atoms with Crippen molar-refractivity contribution in [2.24, 2.45) is 46.3 Å². The van der Waals surface area contributed by atoms with E-state index in [9.17, 15) is 19.5 Å². The van der Waals surface area contributed by atoms with Crippen molar-refractivity contribution in [3.05, 3.63) is 35.9 Å². The maximum absolute atomic E-state index is 13.7. The van der Waals surface area contributed by atoms with Gasteiger partial charge in [0.15, 0.2) is 5.78 Å². The lowest BCUT2D eigenvalue weighted by Gasteiger charge is -2.61. The van der Waals surface area contributed by atoms with Gasteiger partial charge >= 0.3 is 11.9 Å². The predicted octanol–water partition coefficient (Wildman–Crippen LogP) is 5.89. The number of fused-ring (bicyclic) bond motifs is 5. The summed E-state index contributed by atoms with van der Waals surface area (Å²) in [5.41, 5.74) is 0.914. The van der Waals surface area contributed by atoms with Gasteiger partial charge in [-0.2, -0.15) is 0 Å². The normalized spacial score (nSPS) is 40.1. The fraction of sp³-hybridized carbons (Fsp3) is 0.727. The van der Waals surface area contributed by atoms with E-state index in [4.69, 9.17) is 9.47 Å². The highest BCUT2D eigenvalue weighted by Crippen LogP contribution is 2.68. The van der Waals surface area contributed by atoms with Gasteiger partial charge in [-0.1, -0.05) is 51.1 Å². The molecule has 0 aliphatic heterocycles. The highest BCUT2D eigenvalue weighted by atomic mass is 16.5. The van der Waals surface area contributed by atoms with Crippen LogP contribution in [0, 0.1) is 46.3 Å². The second-order valence-corrected chi connectivity index (χ2v) is 13.6. The number of Topliss-reactive ketones (excluding diaryl/α,β-unsaturated/α-hetero) is 1. The summed E-state index contributed by atoms with van der Waals surface area (Å²) in [6.07, 6.45) is 6.50. The Morgan fingerprint density at radius 3 is 2.44 bits per heavy atom. The van der Waals surface area contributed by atoms with Crippen molar-refractivity contribution in [1.29, 1.82) is 0 Å². The van der Waals surface area contributed by atoms with Crippen LogP contribution in [0.2, 0.25) is 0 Å². The lowest BCUT2D eigenvalue weighted by molar-refractivity contribution is -0.188. The van der Waals surface area contributed by atoms with Gasteiger partial charge in [-0.25, -0.2) is 0 Å². The number of esters is 2. The van der Waals surface area contributed by atoms with Crippen LogP contribution in [-0.4, -0.2) is 35.0 Å². The molecule has 5 rings (SSSR count). The topological polar surface area (TPSA) is 89.9 Å². The molecule has 0 heterocycles. The van der Waals surface area contributed by atoms with Crippen molar-refractivity contribution in [2.45, 2.75) is 104 Å². The smallest absolute Gasteiger partial charge is 0.306 e. The molecule has 1 aromatic carbocycles. The third-order valence-electron chi connectivity index (χ3n) is 11.6. The van der Waals surface area contributed by atoms with E-state index in [0.29, 0.717) is 43.1 Å². The standard InChI is InChI=1S/C33H46O6/c1-20(10-13-28(35)38-19-22-8-6-5-7-9-22)24-11-12-25-29-26(15-17-32(24,25)3)33(4)16-14-23(39-21(2)34)18-27(33)30(36)31(29)37/h5-9,20,23-27,29,31,37H,10-19H2,1-4H3/t20-,23-,24?,25+,26+,27+,29+,31+,32-,33-/m1/s1. The highest BCUT2D eigenvalue weighted by Gasteiger charge is 2.65. The maximum Gasteiger partial charge on any atom is 0.306 e. The van der Waals surface area contributed by atoms with Crippen LogP contribution in [0.4, 0.5) is 0 Å². The quantitative estimate of drug-likeness (QED) is 0.436. The fourth-order valence-electron chi connectivity index (χ4n) is 9.66. The Bertz CT molecular complexity index is 1070. The van der Waals surface area contributed by atoms with Crippen LogP contribution in [0.25, 0.3) is 0 Å². The highest BCUT2D eigenvalue weighted by molar-refractivity contribution is 5.87. The molecule has 4 aliphatic rings. The molecule has 0 saturated heterocycles. The molecule has 6 heteroatoms. The molecule has 214 valence electrons. The summed E-state index contributed by atoms with van der Waals surface area (Å²) in [7, 11) is 0. The van der Waals surface area contributed by atoms with Gasteiger partial charge in [0.2, 0.25) is 0 Å². The van der Waals surface area contributed by atoms with Crippen molar-refractivity contribution in [3.63, 3.8) is 0 Å². The Kier molecular flexibility index (Phi) is 7.98. The average molecular weight is 539 g/mol. The third-order valence-corrected chi connectivity index (χ3v) is 11.6. The first-order valence-corrected chi connectivity index (χ1v) is 15.1. The molecule has 0 spiro atoms. The molecule has 4 aliphatic carbocycles. The van der Waals surface area contributed by atoms with Crippen molar-refractivity contribution in [2.75, 3.05) is 0 Å². The van der Waals surface area contributed by atoms with Crippen molar-refractivity contribution < 1.29 is 29.0 Å². The van der Waals surface area contributed by atoms with E-state index in [1.165, 1.54) is 6.92 Å². The van der Waals surface area contributed by atoms with Gasteiger partial charge in [-0.05, 0) is 97.3 Å². The van der Waals surface area contributed by atoms with Crippen LogP contribution in [-0.2, 0) is 30.5 Å². The third kappa shape index (κ3) is 5.18. The van der Waals surface area contributed by atoms with E-state index in [-0.39, 0.29) is 46.5 Å².